The number of allylic oxidation sites excluding steroid dienone is 1. The normalized spacial score (nSPS) is 10.5. The molecule has 0 fully saturated rings. The van der Waals surface area contributed by atoms with E-state index in [0.29, 0.717) is 28.3 Å². The lowest BCUT2D eigenvalue weighted by atomic mass is 10.0. The van der Waals surface area contributed by atoms with Gasteiger partial charge in [-0.3, -0.25) is 14.9 Å². The standard InChI is InChI=1S/C20H17N3O5/c1-12(2)19(24)17-9-8-16(10-13(17)3)27-11-18-21-20(22-28-18)14-4-6-15(7-5-14)23(25)26/h4-10H,1,11H2,2-3H3. The van der Waals surface area contributed by atoms with E-state index in [2.05, 4.69) is 16.7 Å². The van der Waals surface area contributed by atoms with E-state index in [1.807, 2.05) is 6.92 Å². The van der Waals surface area contributed by atoms with Gasteiger partial charge in [-0.1, -0.05) is 11.7 Å². The zero-order valence-corrected chi connectivity index (χ0v) is 15.3. The summed E-state index contributed by atoms with van der Waals surface area (Å²) in [4.78, 5) is 26.5. The number of non-ortho nitro benzene ring substituents is 1. The van der Waals surface area contributed by atoms with Gasteiger partial charge >= 0.3 is 0 Å². The number of ketones is 1. The summed E-state index contributed by atoms with van der Waals surface area (Å²) in [7, 11) is 0. The summed E-state index contributed by atoms with van der Waals surface area (Å²) < 4.78 is 10.8. The van der Waals surface area contributed by atoms with Crippen LogP contribution in [0.25, 0.3) is 11.4 Å². The quantitative estimate of drug-likeness (QED) is 0.261. The lowest BCUT2D eigenvalue weighted by Crippen LogP contribution is -2.03. The second kappa shape index (κ2) is 7.83. The molecule has 0 unspecified atom stereocenters. The number of ether oxygens (including phenoxy) is 1. The number of benzene rings is 2. The molecular formula is C20H17N3O5. The molecule has 0 aliphatic carbocycles. The summed E-state index contributed by atoms with van der Waals surface area (Å²) in [6, 6.07) is 11.0. The molecule has 0 amide bonds. The van der Waals surface area contributed by atoms with E-state index in [1.54, 1.807) is 37.3 Å². The van der Waals surface area contributed by atoms with E-state index in [-0.39, 0.29) is 24.0 Å². The van der Waals surface area contributed by atoms with Crippen LogP contribution in [0.4, 0.5) is 5.69 Å². The maximum Gasteiger partial charge on any atom is 0.269 e. The van der Waals surface area contributed by atoms with Crippen molar-refractivity contribution >= 4 is 11.5 Å². The highest BCUT2D eigenvalue weighted by atomic mass is 16.6. The summed E-state index contributed by atoms with van der Waals surface area (Å²) >= 11 is 0. The third-order valence-electron chi connectivity index (χ3n) is 4.00. The Balaban J connectivity index is 1.67. The van der Waals surface area contributed by atoms with Gasteiger partial charge in [-0.2, -0.15) is 4.98 Å². The predicted octanol–water partition coefficient (Wildman–Crippen LogP) is 4.29. The van der Waals surface area contributed by atoms with Crippen LogP contribution in [-0.2, 0) is 6.61 Å². The Morgan fingerprint density at radius 1 is 1.25 bits per heavy atom. The molecular weight excluding hydrogens is 362 g/mol. The van der Waals surface area contributed by atoms with Crippen molar-refractivity contribution in [1.29, 1.82) is 0 Å². The lowest BCUT2D eigenvalue weighted by molar-refractivity contribution is -0.384. The number of hydrogen-bond acceptors (Lipinski definition) is 7. The number of aryl methyl sites for hydroxylation is 1. The number of carbonyl (C=O) groups is 1. The number of Topliss-reactive ketones (excluding diaryl/α,β-unsaturated/α-hetero) is 1. The maximum absolute atomic E-state index is 12.0. The van der Waals surface area contributed by atoms with Gasteiger partial charge in [0.2, 0.25) is 5.82 Å². The molecule has 3 rings (SSSR count). The van der Waals surface area contributed by atoms with Crippen molar-refractivity contribution in [3.8, 4) is 17.1 Å². The number of nitro benzene ring substituents is 1. The van der Waals surface area contributed by atoms with E-state index in [0.717, 1.165) is 5.56 Å². The summed E-state index contributed by atoms with van der Waals surface area (Å²) in [5.74, 6) is 1.03. The second-order valence-corrected chi connectivity index (χ2v) is 6.19. The molecule has 1 heterocycles. The topological polar surface area (TPSA) is 108 Å². The molecule has 0 aliphatic rings. The fourth-order valence-corrected chi connectivity index (χ4v) is 2.52. The average Bonchev–Trinajstić information content (AvgIpc) is 3.15. The lowest BCUT2D eigenvalue weighted by Gasteiger charge is -2.08. The van der Waals surface area contributed by atoms with Gasteiger partial charge in [0.25, 0.3) is 11.6 Å². The summed E-state index contributed by atoms with van der Waals surface area (Å²) in [5, 5.41) is 14.6. The first kappa shape index (κ1) is 19.0. The van der Waals surface area contributed by atoms with Crippen LogP contribution < -0.4 is 4.74 Å². The molecule has 8 heteroatoms. The summed E-state index contributed by atoms with van der Waals surface area (Å²) in [6.07, 6.45) is 0. The van der Waals surface area contributed by atoms with Crippen molar-refractivity contribution in [2.75, 3.05) is 0 Å². The van der Waals surface area contributed by atoms with Crippen LogP contribution in [-0.4, -0.2) is 20.8 Å². The smallest absolute Gasteiger partial charge is 0.269 e. The number of nitro groups is 1. The van der Waals surface area contributed by atoms with Gasteiger partial charge in [0.05, 0.1) is 4.92 Å². The number of nitrogens with zero attached hydrogens (tertiary/aromatic N) is 3. The first-order chi connectivity index (χ1) is 13.3. The largest absolute Gasteiger partial charge is 0.484 e. The zero-order chi connectivity index (χ0) is 20.3. The fourth-order valence-electron chi connectivity index (χ4n) is 2.52. The molecule has 28 heavy (non-hydrogen) atoms. The van der Waals surface area contributed by atoms with E-state index >= 15 is 0 Å². The van der Waals surface area contributed by atoms with Crippen LogP contribution in [0.3, 0.4) is 0 Å². The van der Waals surface area contributed by atoms with Crippen LogP contribution in [0, 0.1) is 17.0 Å². The maximum atomic E-state index is 12.0. The van der Waals surface area contributed by atoms with Gasteiger partial charge in [-0.05, 0) is 55.3 Å². The van der Waals surface area contributed by atoms with Crippen LogP contribution in [0.2, 0.25) is 0 Å². The Hall–Kier alpha value is -3.81. The molecule has 0 spiro atoms. The van der Waals surface area contributed by atoms with E-state index in [1.165, 1.54) is 12.1 Å². The fraction of sp³-hybridized carbons (Fsp3) is 0.150. The molecule has 3 aromatic rings. The first-order valence-electron chi connectivity index (χ1n) is 8.36. The Morgan fingerprint density at radius 2 is 1.96 bits per heavy atom. The number of aromatic nitrogens is 2. The van der Waals surface area contributed by atoms with Gasteiger partial charge in [-0.15, -0.1) is 0 Å². The number of carbonyl (C=O) groups excluding carboxylic acids is 1. The Bertz CT molecular complexity index is 1050. The van der Waals surface area contributed by atoms with Gasteiger partial charge in [0.15, 0.2) is 12.4 Å². The summed E-state index contributed by atoms with van der Waals surface area (Å²) in [6.45, 7) is 7.21. The average molecular weight is 379 g/mol. The minimum Gasteiger partial charge on any atom is -0.484 e. The molecule has 0 atom stereocenters. The van der Waals surface area contributed by atoms with Gasteiger partial charge in [0.1, 0.15) is 5.75 Å². The molecule has 0 bridgehead atoms. The highest BCUT2D eigenvalue weighted by molar-refractivity contribution is 6.08. The van der Waals surface area contributed by atoms with Crippen molar-refractivity contribution in [2.24, 2.45) is 0 Å². The highest BCUT2D eigenvalue weighted by Crippen LogP contribution is 2.22. The van der Waals surface area contributed by atoms with Crippen LogP contribution in [0.5, 0.6) is 5.75 Å². The molecule has 1 aromatic heterocycles. The van der Waals surface area contributed by atoms with Gasteiger partial charge < -0.3 is 9.26 Å². The van der Waals surface area contributed by atoms with E-state index in [9.17, 15) is 14.9 Å². The third kappa shape index (κ3) is 4.12. The van der Waals surface area contributed by atoms with E-state index in [4.69, 9.17) is 9.26 Å². The van der Waals surface area contributed by atoms with Crippen LogP contribution in [0.15, 0.2) is 59.1 Å². The molecule has 0 saturated carbocycles. The monoisotopic (exact) mass is 379 g/mol. The Morgan fingerprint density at radius 3 is 2.57 bits per heavy atom. The second-order valence-electron chi connectivity index (χ2n) is 6.19. The first-order valence-corrected chi connectivity index (χ1v) is 8.36. The molecule has 0 radical (unpaired) electrons. The molecule has 0 aliphatic heterocycles. The van der Waals surface area contributed by atoms with Gasteiger partial charge in [0, 0.05) is 23.3 Å². The van der Waals surface area contributed by atoms with Crippen LogP contribution in [0.1, 0.15) is 28.7 Å². The third-order valence-corrected chi connectivity index (χ3v) is 4.00. The Kier molecular flexibility index (Phi) is 5.30. The van der Waals surface area contributed by atoms with Crippen molar-refractivity contribution < 1.29 is 19.0 Å². The van der Waals surface area contributed by atoms with Crippen molar-refractivity contribution in [3.63, 3.8) is 0 Å². The SMILES string of the molecule is C=C(C)C(=O)c1ccc(OCc2nc(-c3ccc([N+](=O)[O-])cc3)no2)cc1C. The van der Waals surface area contributed by atoms with Crippen molar-refractivity contribution in [2.45, 2.75) is 20.5 Å². The minimum absolute atomic E-state index is 0.0141. The molecule has 8 nitrogen and oxygen atoms in total. The van der Waals surface area contributed by atoms with Crippen molar-refractivity contribution in [1.82, 2.24) is 10.1 Å². The molecule has 2 aromatic carbocycles. The zero-order valence-electron chi connectivity index (χ0n) is 15.3. The van der Waals surface area contributed by atoms with E-state index < -0.39 is 4.92 Å². The van der Waals surface area contributed by atoms with Crippen molar-refractivity contribution in [3.05, 3.63) is 81.7 Å². The molecule has 0 saturated heterocycles. The number of rotatable bonds is 7. The Labute approximate surface area is 160 Å². The molecule has 0 N–H and O–H groups in total. The molecule has 142 valence electrons. The minimum atomic E-state index is -0.476. The van der Waals surface area contributed by atoms with Crippen LogP contribution >= 0.6 is 0 Å². The summed E-state index contributed by atoms with van der Waals surface area (Å²) in [5.41, 5.74) is 2.42. The number of hydrogen-bond donors (Lipinski definition) is 0. The highest BCUT2D eigenvalue weighted by Gasteiger charge is 2.13. The van der Waals surface area contributed by atoms with Gasteiger partial charge in [-0.25, -0.2) is 0 Å². The predicted molar refractivity (Wildman–Crippen MR) is 101 cm³/mol.